The van der Waals surface area contributed by atoms with Crippen LogP contribution in [0.1, 0.15) is 24.0 Å². The van der Waals surface area contributed by atoms with Crippen LogP contribution in [0.4, 0.5) is 18.9 Å². The van der Waals surface area contributed by atoms with Crippen molar-refractivity contribution in [3.05, 3.63) is 71.9 Å². The lowest BCUT2D eigenvalue weighted by Gasteiger charge is -2.24. The molecule has 0 spiro atoms. The number of fused-ring (bicyclic) bond motifs is 1. The standard InChI is InChI=1S/C28H34F3N7O3/c29-28(30,31)20-6-3-18(4-7-20)5-9-24(27(41)36-21-8-10-23-19(16-21)2-1-13-35-23)37-26(40)22(34)17-25(39)38(14-11-32)15-12-33/h1-4,6-8,10,13,16,22,24H,5,9,11-12,14-15,17,32-34H2,(H,36,41)(H,37,40)/t22-,24+/m0/s1. The summed E-state index contributed by atoms with van der Waals surface area (Å²) in [6.07, 6.45) is -2.90. The molecule has 8 N–H and O–H groups in total. The summed E-state index contributed by atoms with van der Waals surface area (Å²) in [6.45, 7) is 0.933. The van der Waals surface area contributed by atoms with Crippen LogP contribution in [0.15, 0.2) is 60.8 Å². The normalized spacial score (nSPS) is 12.9. The molecular formula is C28H34F3N7O3. The minimum Gasteiger partial charge on any atom is -0.343 e. The summed E-state index contributed by atoms with van der Waals surface area (Å²) < 4.78 is 38.8. The van der Waals surface area contributed by atoms with E-state index >= 15 is 0 Å². The van der Waals surface area contributed by atoms with Gasteiger partial charge in [0.15, 0.2) is 0 Å². The molecule has 3 amide bonds. The number of carbonyl (C=O) groups excluding carboxylic acids is 3. The molecule has 13 heteroatoms. The molecule has 10 nitrogen and oxygen atoms in total. The Hall–Kier alpha value is -4.07. The summed E-state index contributed by atoms with van der Waals surface area (Å²) in [6, 6.07) is 10.9. The number of nitrogens with zero attached hydrogens (tertiary/aromatic N) is 2. The van der Waals surface area contributed by atoms with Crippen LogP contribution in [-0.4, -0.2) is 65.9 Å². The van der Waals surface area contributed by atoms with E-state index in [0.29, 0.717) is 11.3 Å². The van der Waals surface area contributed by atoms with E-state index in [2.05, 4.69) is 15.6 Å². The van der Waals surface area contributed by atoms with Gasteiger partial charge in [-0.2, -0.15) is 13.2 Å². The fourth-order valence-corrected chi connectivity index (χ4v) is 4.18. The molecule has 0 fully saturated rings. The summed E-state index contributed by atoms with van der Waals surface area (Å²) in [7, 11) is 0. The Morgan fingerprint density at radius 2 is 1.63 bits per heavy atom. The number of amides is 3. The van der Waals surface area contributed by atoms with E-state index in [9.17, 15) is 27.6 Å². The van der Waals surface area contributed by atoms with Crippen molar-refractivity contribution < 1.29 is 27.6 Å². The van der Waals surface area contributed by atoms with E-state index in [0.717, 1.165) is 23.0 Å². The highest BCUT2D eigenvalue weighted by atomic mass is 19.4. The van der Waals surface area contributed by atoms with Crippen molar-refractivity contribution in [2.45, 2.75) is 37.5 Å². The molecule has 0 saturated carbocycles. The number of benzene rings is 2. The molecule has 0 saturated heterocycles. The topological polar surface area (TPSA) is 169 Å². The van der Waals surface area contributed by atoms with Gasteiger partial charge in [-0.1, -0.05) is 18.2 Å². The first-order valence-corrected chi connectivity index (χ1v) is 13.1. The molecule has 3 aromatic rings. The third-order valence-corrected chi connectivity index (χ3v) is 6.39. The van der Waals surface area contributed by atoms with Gasteiger partial charge in [-0.25, -0.2) is 0 Å². The van der Waals surface area contributed by atoms with E-state index in [4.69, 9.17) is 17.2 Å². The molecule has 220 valence electrons. The lowest BCUT2D eigenvalue weighted by molar-refractivity contribution is -0.137. The Morgan fingerprint density at radius 3 is 2.27 bits per heavy atom. The number of hydrogen-bond donors (Lipinski definition) is 5. The molecule has 1 aromatic heterocycles. The predicted octanol–water partition coefficient (Wildman–Crippen LogP) is 1.77. The summed E-state index contributed by atoms with van der Waals surface area (Å²) in [5.74, 6) is -1.69. The number of pyridine rings is 1. The molecule has 0 radical (unpaired) electrons. The fraction of sp³-hybridized carbons (Fsp3) is 0.357. The van der Waals surface area contributed by atoms with Crippen molar-refractivity contribution in [2.24, 2.45) is 17.2 Å². The Kier molecular flexibility index (Phi) is 11.1. The second kappa shape index (κ2) is 14.5. The van der Waals surface area contributed by atoms with Crippen LogP contribution in [0, 0.1) is 0 Å². The summed E-state index contributed by atoms with van der Waals surface area (Å²) in [4.78, 5) is 44.5. The molecule has 41 heavy (non-hydrogen) atoms. The van der Waals surface area contributed by atoms with Crippen LogP contribution in [0.5, 0.6) is 0 Å². The number of nitrogens with two attached hydrogens (primary N) is 3. The molecule has 0 unspecified atom stereocenters. The lowest BCUT2D eigenvalue weighted by atomic mass is 10.0. The number of rotatable bonds is 13. The molecule has 0 aliphatic carbocycles. The minimum atomic E-state index is -4.47. The lowest BCUT2D eigenvalue weighted by Crippen LogP contribution is -2.52. The predicted molar refractivity (Wildman–Crippen MR) is 149 cm³/mol. The van der Waals surface area contributed by atoms with E-state index in [1.165, 1.54) is 17.0 Å². The van der Waals surface area contributed by atoms with E-state index in [1.807, 2.05) is 6.07 Å². The maximum Gasteiger partial charge on any atom is 0.416 e. The SMILES string of the molecule is NCCN(CCN)C(=O)C[C@H](N)C(=O)N[C@H](CCc1ccc(C(F)(F)F)cc1)C(=O)Nc1ccc2ncccc2c1. The smallest absolute Gasteiger partial charge is 0.343 e. The van der Waals surface area contributed by atoms with Crippen molar-refractivity contribution in [3.8, 4) is 0 Å². The Balaban J connectivity index is 1.73. The second-order valence-corrected chi connectivity index (χ2v) is 9.46. The van der Waals surface area contributed by atoms with Gasteiger partial charge < -0.3 is 32.7 Å². The van der Waals surface area contributed by atoms with E-state index < -0.39 is 41.5 Å². The molecule has 0 aliphatic heterocycles. The fourth-order valence-electron chi connectivity index (χ4n) is 4.18. The molecule has 1 heterocycles. The molecular weight excluding hydrogens is 539 g/mol. The zero-order valence-electron chi connectivity index (χ0n) is 22.4. The monoisotopic (exact) mass is 573 g/mol. The molecule has 2 aromatic carbocycles. The molecule has 2 atom stereocenters. The van der Waals surface area contributed by atoms with Crippen LogP contribution in [0.2, 0.25) is 0 Å². The number of aromatic nitrogens is 1. The Bertz CT molecular complexity index is 1330. The van der Waals surface area contributed by atoms with Crippen molar-refractivity contribution in [1.82, 2.24) is 15.2 Å². The number of hydrogen-bond acceptors (Lipinski definition) is 7. The minimum absolute atomic E-state index is 0.0607. The maximum absolute atomic E-state index is 13.3. The average Bonchev–Trinajstić information content (AvgIpc) is 2.94. The largest absolute Gasteiger partial charge is 0.416 e. The second-order valence-electron chi connectivity index (χ2n) is 9.46. The Morgan fingerprint density at radius 1 is 0.951 bits per heavy atom. The van der Waals surface area contributed by atoms with Crippen molar-refractivity contribution in [3.63, 3.8) is 0 Å². The van der Waals surface area contributed by atoms with Gasteiger partial charge in [-0.05, 0) is 54.8 Å². The van der Waals surface area contributed by atoms with Crippen LogP contribution in [0.3, 0.4) is 0 Å². The number of aryl methyl sites for hydroxylation is 1. The van der Waals surface area contributed by atoms with Crippen LogP contribution >= 0.6 is 0 Å². The zero-order valence-corrected chi connectivity index (χ0v) is 22.4. The summed E-state index contributed by atoms with van der Waals surface area (Å²) in [5.41, 5.74) is 18.0. The van der Waals surface area contributed by atoms with E-state index in [-0.39, 0.29) is 45.4 Å². The maximum atomic E-state index is 13.3. The number of anilines is 1. The first-order valence-electron chi connectivity index (χ1n) is 13.1. The van der Waals surface area contributed by atoms with Gasteiger partial charge in [-0.3, -0.25) is 19.4 Å². The highest BCUT2D eigenvalue weighted by Crippen LogP contribution is 2.29. The third-order valence-electron chi connectivity index (χ3n) is 6.39. The van der Waals surface area contributed by atoms with Gasteiger partial charge >= 0.3 is 6.18 Å². The van der Waals surface area contributed by atoms with Gasteiger partial charge in [0.1, 0.15) is 6.04 Å². The third kappa shape index (κ3) is 9.23. The van der Waals surface area contributed by atoms with Crippen molar-refractivity contribution >= 4 is 34.3 Å². The highest BCUT2D eigenvalue weighted by molar-refractivity contribution is 5.99. The van der Waals surface area contributed by atoms with Gasteiger partial charge in [-0.15, -0.1) is 0 Å². The van der Waals surface area contributed by atoms with Gasteiger partial charge in [0.25, 0.3) is 0 Å². The van der Waals surface area contributed by atoms with Crippen molar-refractivity contribution in [2.75, 3.05) is 31.5 Å². The number of halogens is 3. The Labute approximate surface area is 235 Å². The van der Waals surface area contributed by atoms with Crippen LogP contribution < -0.4 is 27.8 Å². The number of carbonyl (C=O) groups is 3. The van der Waals surface area contributed by atoms with Gasteiger partial charge in [0.05, 0.1) is 23.5 Å². The summed E-state index contributed by atoms with van der Waals surface area (Å²) in [5, 5.41) is 6.15. The first kappa shape index (κ1) is 31.5. The summed E-state index contributed by atoms with van der Waals surface area (Å²) >= 11 is 0. The average molecular weight is 574 g/mol. The molecule has 0 bridgehead atoms. The van der Waals surface area contributed by atoms with Gasteiger partial charge in [0, 0.05) is 43.4 Å². The highest BCUT2D eigenvalue weighted by Gasteiger charge is 2.30. The van der Waals surface area contributed by atoms with Crippen LogP contribution in [-0.2, 0) is 27.0 Å². The molecule has 3 rings (SSSR count). The number of alkyl halides is 3. The molecule has 0 aliphatic rings. The van der Waals surface area contributed by atoms with Crippen LogP contribution in [0.25, 0.3) is 10.9 Å². The zero-order chi connectivity index (χ0) is 30.0. The van der Waals surface area contributed by atoms with E-state index in [1.54, 1.807) is 30.5 Å². The van der Waals surface area contributed by atoms with Gasteiger partial charge in [0.2, 0.25) is 17.7 Å². The van der Waals surface area contributed by atoms with Crippen molar-refractivity contribution in [1.29, 1.82) is 0 Å². The number of nitrogens with one attached hydrogen (secondary N) is 2. The first-order chi connectivity index (χ1) is 19.5. The quantitative estimate of drug-likeness (QED) is 0.208.